The molecule has 0 radical (unpaired) electrons. The maximum atomic E-state index is 13.3. The molecule has 0 unspecified atom stereocenters. The molecule has 2 aromatic carbocycles. The van der Waals surface area contributed by atoms with Gasteiger partial charge in [0.2, 0.25) is 0 Å². The van der Waals surface area contributed by atoms with Crippen molar-refractivity contribution >= 4 is 23.9 Å². The van der Waals surface area contributed by atoms with Crippen LogP contribution in [0.25, 0.3) is 22.4 Å². The Labute approximate surface area is 299 Å². The maximum absolute atomic E-state index is 13.3. The van der Waals surface area contributed by atoms with Crippen molar-refractivity contribution in [1.82, 2.24) is 19.8 Å². The van der Waals surface area contributed by atoms with E-state index in [-0.39, 0.29) is 36.5 Å². The zero-order valence-corrected chi connectivity index (χ0v) is 30.4. The lowest BCUT2D eigenvalue weighted by molar-refractivity contribution is -0.150. The van der Waals surface area contributed by atoms with Crippen LogP contribution < -0.4 is 0 Å². The molecule has 2 amide bonds. The summed E-state index contributed by atoms with van der Waals surface area (Å²) in [6.45, 7) is 11.3. The normalized spacial score (nSPS) is 22.4. The van der Waals surface area contributed by atoms with Crippen LogP contribution in [0.1, 0.15) is 107 Å². The number of piperidine rings is 1. The third-order valence-corrected chi connectivity index (χ3v) is 10.4. The number of fused-ring (bicyclic) bond motifs is 5. The number of esters is 1. The van der Waals surface area contributed by atoms with Crippen molar-refractivity contribution in [3.05, 3.63) is 65.1 Å². The van der Waals surface area contributed by atoms with Crippen LogP contribution in [0.5, 0.6) is 0 Å². The fourth-order valence-electron chi connectivity index (χ4n) is 8.15. The average Bonchev–Trinajstić information content (AvgIpc) is 3.89. The number of nitrogens with zero attached hydrogens (tertiary/aromatic N) is 3. The van der Waals surface area contributed by atoms with Gasteiger partial charge < -0.3 is 19.2 Å². The summed E-state index contributed by atoms with van der Waals surface area (Å²) >= 11 is 0. The number of nitrogens with one attached hydrogen (secondary N) is 1. The fraction of sp³-hybridized carbons (Fsp3) is 0.525. The number of benzene rings is 2. The molecule has 11 heteroatoms. The Kier molecular flexibility index (Phi) is 8.96. The minimum atomic E-state index is -0.723. The van der Waals surface area contributed by atoms with E-state index in [1.165, 1.54) is 10.5 Å². The third-order valence-electron chi connectivity index (χ3n) is 10.4. The number of aryl methyl sites for hydroxylation is 2. The summed E-state index contributed by atoms with van der Waals surface area (Å²) in [6.07, 6.45) is 6.75. The van der Waals surface area contributed by atoms with Gasteiger partial charge in [0, 0.05) is 18.2 Å². The number of likely N-dealkylation sites (tertiary alicyclic amines) is 2. The molecule has 2 saturated heterocycles. The van der Waals surface area contributed by atoms with E-state index in [1.807, 2.05) is 39.1 Å². The molecule has 4 aliphatic rings. The van der Waals surface area contributed by atoms with Gasteiger partial charge in [-0.3, -0.25) is 14.6 Å². The lowest BCUT2D eigenvalue weighted by Gasteiger charge is -2.35. The summed E-state index contributed by atoms with van der Waals surface area (Å²) in [5.74, 6) is -0.0411. The predicted octanol–water partition coefficient (Wildman–Crippen LogP) is 7.43. The number of hydrogen-bond acceptors (Lipinski definition) is 8. The van der Waals surface area contributed by atoms with E-state index < -0.39 is 29.3 Å². The van der Waals surface area contributed by atoms with E-state index in [0.29, 0.717) is 12.1 Å². The number of hydrogen-bond donors (Lipinski definition) is 1. The zero-order chi connectivity index (χ0) is 36.2. The first-order chi connectivity index (χ1) is 24.1. The summed E-state index contributed by atoms with van der Waals surface area (Å²) in [5, 5.41) is 0. The van der Waals surface area contributed by atoms with Gasteiger partial charge in [-0.25, -0.2) is 19.4 Å². The molecule has 2 bridgehead atoms. The molecular formula is C40H48N4O7. The molecule has 2 aliphatic carbocycles. The molecule has 1 N–H and O–H groups in total. The first kappa shape index (κ1) is 34.8. The molecule has 1 saturated carbocycles. The van der Waals surface area contributed by atoms with Crippen molar-refractivity contribution in [2.75, 3.05) is 13.2 Å². The SMILES string of the molecule is CC(C)(C)OC(=O)N1CCC[C@H]1c1ncc(-c2ccc3c(c2)CCc2cc(C(=O)COC(=O)[C@@H]4[C@@H]5CC[C@H](C5)N4C(=O)OC(C)(C)C)ccc2-3)[nH]1. The molecule has 4 atom stereocenters. The zero-order valence-electron chi connectivity index (χ0n) is 30.4. The van der Waals surface area contributed by atoms with Gasteiger partial charge in [-0.15, -0.1) is 0 Å². The number of H-pyrrole nitrogens is 1. The van der Waals surface area contributed by atoms with Crippen LogP contribution in [0.15, 0.2) is 42.6 Å². The first-order valence-corrected chi connectivity index (χ1v) is 18.2. The van der Waals surface area contributed by atoms with E-state index in [1.54, 1.807) is 31.7 Å². The highest BCUT2D eigenvalue weighted by molar-refractivity contribution is 5.99. The molecule has 3 heterocycles. The summed E-state index contributed by atoms with van der Waals surface area (Å²) < 4.78 is 16.8. The molecule has 11 nitrogen and oxygen atoms in total. The highest BCUT2D eigenvalue weighted by Gasteiger charge is 2.53. The summed E-state index contributed by atoms with van der Waals surface area (Å²) in [7, 11) is 0. The highest BCUT2D eigenvalue weighted by Crippen LogP contribution is 2.44. The van der Waals surface area contributed by atoms with E-state index in [9.17, 15) is 19.2 Å². The summed E-state index contributed by atoms with van der Waals surface area (Å²) in [5.41, 5.74) is 5.66. The molecule has 2 aliphatic heterocycles. The van der Waals surface area contributed by atoms with Crippen LogP contribution in [0.4, 0.5) is 9.59 Å². The van der Waals surface area contributed by atoms with Crippen molar-refractivity contribution in [2.45, 2.75) is 116 Å². The Hall–Kier alpha value is -4.67. The lowest BCUT2D eigenvalue weighted by Crippen LogP contribution is -2.51. The van der Waals surface area contributed by atoms with Crippen LogP contribution in [0.3, 0.4) is 0 Å². The van der Waals surface area contributed by atoms with Crippen molar-refractivity contribution in [1.29, 1.82) is 0 Å². The number of aromatic nitrogens is 2. The van der Waals surface area contributed by atoms with Crippen LogP contribution in [-0.4, -0.2) is 80.1 Å². The minimum Gasteiger partial charge on any atom is -0.456 e. The second kappa shape index (κ2) is 13.1. The Bertz CT molecular complexity index is 1870. The number of aromatic amines is 1. The van der Waals surface area contributed by atoms with E-state index in [4.69, 9.17) is 14.2 Å². The summed E-state index contributed by atoms with van der Waals surface area (Å²) in [6, 6.07) is 11.1. The molecule has 51 heavy (non-hydrogen) atoms. The second-order valence-electron chi connectivity index (χ2n) is 16.3. The van der Waals surface area contributed by atoms with E-state index in [2.05, 4.69) is 28.2 Å². The van der Waals surface area contributed by atoms with Crippen molar-refractivity contribution < 1.29 is 33.4 Å². The monoisotopic (exact) mass is 696 g/mol. The van der Waals surface area contributed by atoms with Gasteiger partial charge in [0.1, 0.15) is 23.1 Å². The highest BCUT2D eigenvalue weighted by atomic mass is 16.6. The average molecular weight is 697 g/mol. The number of ketones is 1. The molecule has 3 fully saturated rings. The number of imidazole rings is 1. The smallest absolute Gasteiger partial charge is 0.411 e. The van der Waals surface area contributed by atoms with Crippen molar-refractivity contribution in [3.8, 4) is 22.4 Å². The number of carbonyl (C=O) groups is 4. The van der Waals surface area contributed by atoms with Crippen LogP contribution >= 0.6 is 0 Å². The molecule has 1 aromatic heterocycles. The van der Waals surface area contributed by atoms with E-state index >= 15 is 0 Å². The van der Waals surface area contributed by atoms with Gasteiger partial charge >= 0.3 is 18.2 Å². The Balaban J connectivity index is 1.00. The van der Waals surface area contributed by atoms with Gasteiger partial charge in [-0.2, -0.15) is 0 Å². The maximum Gasteiger partial charge on any atom is 0.411 e. The molecule has 7 rings (SSSR count). The lowest BCUT2D eigenvalue weighted by atomic mass is 9.83. The van der Waals surface area contributed by atoms with Gasteiger partial charge in [-0.1, -0.05) is 24.3 Å². The largest absolute Gasteiger partial charge is 0.456 e. The number of carbonyl (C=O) groups excluding carboxylic acids is 4. The van der Waals surface area contributed by atoms with Gasteiger partial charge in [0.15, 0.2) is 12.4 Å². The topological polar surface area (TPSA) is 131 Å². The third kappa shape index (κ3) is 7.12. The Morgan fingerprint density at radius 1 is 0.863 bits per heavy atom. The van der Waals surface area contributed by atoms with Crippen molar-refractivity contribution in [3.63, 3.8) is 0 Å². The van der Waals surface area contributed by atoms with Gasteiger partial charge in [0.25, 0.3) is 0 Å². The Morgan fingerprint density at radius 2 is 1.55 bits per heavy atom. The second-order valence-corrected chi connectivity index (χ2v) is 16.3. The van der Waals surface area contributed by atoms with Gasteiger partial charge in [-0.05, 0) is 132 Å². The van der Waals surface area contributed by atoms with Gasteiger partial charge in [0.05, 0.1) is 17.9 Å². The van der Waals surface area contributed by atoms with Crippen LogP contribution in [0, 0.1) is 5.92 Å². The number of Topliss-reactive ketones (excluding diaryl/α,β-unsaturated/α-hetero) is 1. The quantitative estimate of drug-likeness (QED) is 0.160. The minimum absolute atomic E-state index is 0.0200. The van der Waals surface area contributed by atoms with E-state index in [0.717, 1.165) is 78.7 Å². The predicted molar refractivity (Wildman–Crippen MR) is 190 cm³/mol. The molecule has 3 aromatic rings. The number of amides is 2. The molecular weight excluding hydrogens is 648 g/mol. The number of ether oxygens (including phenoxy) is 3. The Morgan fingerprint density at radius 3 is 2.27 bits per heavy atom. The van der Waals surface area contributed by atoms with Crippen molar-refractivity contribution in [2.24, 2.45) is 5.92 Å². The molecule has 270 valence electrons. The standard InChI is InChI=1S/C40H48N4O7/c1-39(2,3)50-37(47)43-17-7-8-32(43)35-41-21-31(42-35)25-12-15-29-23(18-25)9-10-24-19-26(13-16-30(24)29)33(45)22-49-36(46)34-27-11-14-28(20-27)44(34)38(48)51-40(4,5)6/h12-13,15-16,18-19,21,27-28,32,34H,7-11,14,17,20,22H2,1-6H3,(H,41,42)/t27-,28-,32+,34+/m1/s1. The number of rotatable bonds is 6. The fourth-order valence-corrected chi connectivity index (χ4v) is 8.15. The molecule has 0 spiro atoms. The van der Waals surface area contributed by atoms with Crippen LogP contribution in [-0.2, 0) is 31.8 Å². The summed E-state index contributed by atoms with van der Waals surface area (Å²) in [4.78, 5) is 63.8. The van der Waals surface area contributed by atoms with Crippen LogP contribution in [0.2, 0.25) is 0 Å². The first-order valence-electron chi connectivity index (χ1n) is 18.2.